The van der Waals surface area contributed by atoms with Crippen molar-refractivity contribution in [2.75, 3.05) is 11.9 Å². The van der Waals surface area contributed by atoms with Crippen LogP contribution in [0.3, 0.4) is 0 Å². The van der Waals surface area contributed by atoms with E-state index in [1.807, 2.05) is 11.9 Å². The van der Waals surface area contributed by atoms with E-state index in [1.54, 1.807) is 36.5 Å². The molecule has 0 fully saturated rings. The SMILES string of the molecule is CN(Cc1ccccc1F)c1ccnc(C(N)=NO)c1. The molecule has 20 heavy (non-hydrogen) atoms. The van der Waals surface area contributed by atoms with Gasteiger partial charge in [0.25, 0.3) is 0 Å². The van der Waals surface area contributed by atoms with Crippen LogP contribution in [0.2, 0.25) is 0 Å². The zero-order valence-corrected chi connectivity index (χ0v) is 11.0. The number of amidine groups is 1. The number of hydrogen-bond acceptors (Lipinski definition) is 4. The Kier molecular flexibility index (Phi) is 4.14. The lowest BCUT2D eigenvalue weighted by molar-refractivity contribution is 0.318. The molecular formula is C14H15FN4O. The Bertz CT molecular complexity index is 630. The third-order valence-electron chi connectivity index (χ3n) is 2.92. The number of nitrogens with two attached hydrogens (primary N) is 1. The van der Waals surface area contributed by atoms with Crippen molar-refractivity contribution in [1.82, 2.24) is 4.98 Å². The fourth-order valence-corrected chi connectivity index (χ4v) is 1.82. The van der Waals surface area contributed by atoms with Crippen molar-refractivity contribution in [3.8, 4) is 0 Å². The van der Waals surface area contributed by atoms with E-state index >= 15 is 0 Å². The first kappa shape index (κ1) is 13.8. The maximum atomic E-state index is 13.6. The van der Waals surface area contributed by atoms with Gasteiger partial charge in [0.1, 0.15) is 11.5 Å². The Labute approximate surface area is 116 Å². The molecule has 2 aromatic rings. The molecule has 104 valence electrons. The zero-order chi connectivity index (χ0) is 14.5. The average molecular weight is 274 g/mol. The molecule has 0 amide bonds. The van der Waals surface area contributed by atoms with Crippen LogP contribution in [0.1, 0.15) is 11.3 Å². The van der Waals surface area contributed by atoms with Crippen LogP contribution < -0.4 is 10.6 Å². The van der Waals surface area contributed by atoms with E-state index in [-0.39, 0.29) is 11.7 Å². The maximum Gasteiger partial charge on any atom is 0.188 e. The second-order valence-electron chi connectivity index (χ2n) is 4.33. The highest BCUT2D eigenvalue weighted by atomic mass is 19.1. The molecule has 0 aliphatic carbocycles. The molecule has 0 saturated heterocycles. The average Bonchev–Trinajstić information content (AvgIpc) is 2.49. The normalized spacial score (nSPS) is 11.4. The lowest BCUT2D eigenvalue weighted by atomic mass is 10.2. The van der Waals surface area contributed by atoms with Crippen LogP contribution in [0, 0.1) is 5.82 Å². The minimum atomic E-state index is -0.245. The lowest BCUT2D eigenvalue weighted by Crippen LogP contribution is -2.20. The fourth-order valence-electron chi connectivity index (χ4n) is 1.82. The number of pyridine rings is 1. The molecule has 0 spiro atoms. The van der Waals surface area contributed by atoms with E-state index in [9.17, 15) is 4.39 Å². The van der Waals surface area contributed by atoms with E-state index in [2.05, 4.69) is 10.1 Å². The summed E-state index contributed by atoms with van der Waals surface area (Å²) in [7, 11) is 1.83. The summed E-state index contributed by atoms with van der Waals surface area (Å²) in [4.78, 5) is 5.86. The molecule has 0 aliphatic rings. The zero-order valence-electron chi connectivity index (χ0n) is 11.0. The van der Waals surface area contributed by atoms with Crippen LogP contribution in [0.15, 0.2) is 47.8 Å². The third-order valence-corrected chi connectivity index (χ3v) is 2.92. The molecule has 3 N–H and O–H groups in total. The predicted octanol–water partition coefficient (Wildman–Crippen LogP) is 1.95. The molecule has 5 nitrogen and oxygen atoms in total. The first-order valence-corrected chi connectivity index (χ1v) is 6.00. The summed E-state index contributed by atoms with van der Waals surface area (Å²) in [5.41, 5.74) is 7.26. The number of rotatable bonds is 4. The van der Waals surface area contributed by atoms with E-state index < -0.39 is 0 Å². The van der Waals surface area contributed by atoms with E-state index in [0.29, 0.717) is 17.8 Å². The van der Waals surface area contributed by atoms with E-state index in [1.165, 1.54) is 6.07 Å². The molecule has 0 radical (unpaired) electrons. The van der Waals surface area contributed by atoms with Crippen LogP contribution >= 0.6 is 0 Å². The van der Waals surface area contributed by atoms with E-state index in [0.717, 1.165) is 5.69 Å². The summed E-state index contributed by atoms with van der Waals surface area (Å²) >= 11 is 0. The monoisotopic (exact) mass is 274 g/mol. The minimum Gasteiger partial charge on any atom is -0.409 e. The summed E-state index contributed by atoms with van der Waals surface area (Å²) in [6, 6.07) is 10.1. The van der Waals surface area contributed by atoms with Crippen LogP contribution in [0.5, 0.6) is 0 Å². The lowest BCUT2D eigenvalue weighted by Gasteiger charge is -2.20. The standard InChI is InChI=1S/C14H15FN4O/c1-19(9-10-4-2-3-5-12(10)15)11-6-7-17-13(8-11)14(16)18-20/h2-8,20H,9H2,1H3,(H2,16,18). The van der Waals surface area contributed by atoms with Crippen molar-refractivity contribution < 1.29 is 9.60 Å². The molecule has 1 aromatic carbocycles. The molecule has 0 aliphatic heterocycles. The first-order chi connectivity index (χ1) is 9.61. The minimum absolute atomic E-state index is 0.0638. The molecule has 1 aromatic heterocycles. The Balaban J connectivity index is 2.21. The van der Waals surface area contributed by atoms with Gasteiger partial charge in [-0.2, -0.15) is 0 Å². The van der Waals surface area contributed by atoms with Gasteiger partial charge in [-0.1, -0.05) is 23.4 Å². The van der Waals surface area contributed by atoms with E-state index in [4.69, 9.17) is 10.9 Å². The number of hydrogen-bond donors (Lipinski definition) is 2. The van der Waals surface area contributed by atoms with Gasteiger partial charge >= 0.3 is 0 Å². The highest BCUT2D eigenvalue weighted by Gasteiger charge is 2.08. The quantitative estimate of drug-likeness (QED) is 0.387. The largest absolute Gasteiger partial charge is 0.409 e. The summed E-state index contributed by atoms with van der Waals surface area (Å²) in [6.07, 6.45) is 1.56. The third kappa shape index (κ3) is 3.03. The first-order valence-electron chi connectivity index (χ1n) is 6.00. The van der Waals surface area contributed by atoms with Crippen molar-refractivity contribution in [2.45, 2.75) is 6.54 Å². The second kappa shape index (κ2) is 6.01. The number of benzene rings is 1. The molecule has 0 unspecified atom stereocenters. The highest BCUT2D eigenvalue weighted by Crippen LogP contribution is 2.17. The Morgan fingerprint density at radius 3 is 2.85 bits per heavy atom. The van der Waals surface area contributed by atoms with Crippen molar-refractivity contribution in [3.05, 3.63) is 59.7 Å². The second-order valence-corrected chi connectivity index (χ2v) is 4.33. The van der Waals surface area contributed by atoms with Crippen LogP contribution in [0.25, 0.3) is 0 Å². The number of halogens is 1. The predicted molar refractivity (Wildman–Crippen MR) is 75.3 cm³/mol. The van der Waals surface area contributed by atoms with Crippen molar-refractivity contribution in [2.24, 2.45) is 10.9 Å². The van der Waals surface area contributed by atoms with Crippen LogP contribution in [-0.4, -0.2) is 23.1 Å². The van der Waals surface area contributed by atoms with Gasteiger partial charge in [-0.25, -0.2) is 4.39 Å². The summed E-state index contributed by atoms with van der Waals surface area (Å²) < 4.78 is 13.6. The van der Waals surface area contributed by atoms with Gasteiger partial charge in [0.05, 0.1) is 0 Å². The Morgan fingerprint density at radius 1 is 1.40 bits per heavy atom. The molecular weight excluding hydrogens is 259 g/mol. The van der Waals surface area contributed by atoms with Crippen molar-refractivity contribution >= 4 is 11.5 Å². The Hall–Kier alpha value is -2.63. The molecule has 6 heteroatoms. The number of anilines is 1. The summed E-state index contributed by atoms with van der Waals surface area (Å²) in [6.45, 7) is 0.409. The van der Waals surface area contributed by atoms with Crippen LogP contribution in [-0.2, 0) is 6.54 Å². The molecule has 0 bridgehead atoms. The number of nitrogens with zero attached hydrogens (tertiary/aromatic N) is 3. The molecule has 0 atom stereocenters. The van der Waals surface area contributed by atoms with Gasteiger partial charge in [-0.05, 0) is 18.2 Å². The summed E-state index contributed by atoms with van der Waals surface area (Å²) in [5, 5.41) is 11.6. The molecule has 0 saturated carbocycles. The van der Waals surface area contributed by atoms with Crippen LogP contribution in [0.4, 0.5) is 10.1 Å². The molecule has 1 heterocycles. The van der Waals surface area contributed by atoms with Gasteiger partial charge in [0, 0.05) is 31.0 Å². The van der Waals surface area contributed by atoms with Gasteiger partial charge in [-0.15, -0.1) is 0 Å². The number of aromatic nitrogens is 1. The van der Waals surface area contributed by atoms with Gasteiger partial charge in [0.2, 0.25) is 0 Å². The van der Waals surface area contributed by atoms with Crippen molar-refractivity contribution in [1.29, 1.82) is 0 Å². The van der Waals surface area contributed by atoms with Gasteiger partial charge in [-0.3, -0.25) is 4.98 Å². The molecule has 2 rings (SSSR count). The maximum absolute atomic E-state index is 13.6. The van der Waals surface area contributed by atoms with Crippen molar-refractivity contribution in [3.63, 3.8) is 0 Å². The summed E-state index contributed by atoms with van der Waals surface area (Å²) in [5.74, 6) is -0.309. The Morgan fingerprint density at radius 2 is 2.15 bits per heavy atom. The van der Waals surface area contributed by atoms with Gasteiger partial charge < -0.3 is 15.8 Å². The highest BCUT2D eigenvalue weighted by molar-refractivity contribution is 5.95. The number of oxime groups is 1. The smallest absolute Gasteiger partial charge is 0.188 e. The topological polar surface area (TPSA) is 74.7 Å². The fraction of sp³-hybridized carbons (Fsp3) is 0.143. The van der Waals surface area contributed by atoms with Gasteiger partial charge in [0.15, 0.2) is 5.84 Å².